The Bertz CT molecular complexity index is 838. The summed E-state index contributed by atoms with van der Waals surface area (Å²) in [5, 5.41) is 0.193. The van der Waals surface area contributed by atoms with E-state index in [1.165, 1.54) is 0 Å². The Morgan fingerprint density at radius 3 is 2.26 bits per heavy atom. The molecule has 2 aliphatic rings. The van der Waals surface area contributed by atoms with E-state index in [2.05, 4.69) is 5.32 Å². The number of hydrogen-bond donors (Lipinski definition) is 1. The van der Waals surface area contributed by atoms with E-state index >= 15 is 4.39 Å². The SMILES string of the molecule is CC1(C(=O)N[C@H]2CC[C@](F)(S(=O)(=O)c3cccc(C(F)(F)F)c3)CC2)CC1. The molecule has 0 radical (unpaired) electrons. The van der Waals surface area contributed by atoms with E-state index in [0.29, 0.717) is 6.07 Å². The van der Waals surface area contributed by atoms with Gasteiger partial charge in [-0.05, 0) is 56.7 Å². The lowest BCUT2D eigenvalue weighted by Gasteiger charge is -2.34. The number of amides is 1. The van der Waals surface area contributed by atoms with Gasteiger partial charge in [0.05, 0.1) is 10.5 Å². The second-order valence-corrected chi connectivity index (χ2v) is 9.93. The van der Waals surface area contributed by atoms with Crippen molar-refractivity contribution in [1.29, 1.82) is 0 Å². The molecule has 1 N–H and O–H groups in total. The predicted molar refractivity (Wildman–Crippen MR) is 90.2 cm³/mol. The van der Waals surface area contributed by atoms with Gasteiger partial charge in [-0.3, -0.25) is 4.79 Å². The van der Waals surface area contributed by atoms with Gasteiger partial charge in [0, 0.05) is 11.5 Å². The van der Waals surface area contributed by atoms with Crippen LogP contribution in [0.25, 0.3) is 0 Å². The van der Waals surface area contributed by atoms with E-state index in [9.17, 15) is 26.4 Å². The molecule has 1 aromatic carbocycles. The second-order valence-electron chi connectivity index (χ2n) is 7.72. The van der Waals surface area contributed by atoms with Gasteiger partial charge in [-0.1, -0.05) is 13.0 Å². The van der Waals surface area contributed by atoms with Crippen LogP contribution in [0.2, 0.25) is 0 Å². The third-order valence-corrected chi connectivity index (χ3v) is 7.81. The molecule has 4 nitrogen and oxygen atoms in total. The number of hydrogen-bond acceptors (Lipinski definition) is 3. The van der Waals surface area contributed by atoms with Gasteiger partial charge < -0.3 is 5.32 Å². The number of carbonyl (C=O) groups excluding carboxylic acids is 1. The summed E-state index contributed by atoms with van der Waals surface area (Å²) in [6.07, 6.45) is -3.62. The van der Waals surface area contributed by atoms with Crippen LogP contribution >= 0.6 is 0 Å². The average Bonchev–Trinajstić information content (AvgIpc) is 3.35. The molecule has 9 heteroatoms. The van der Waals surface area contributed by atoms with E-state index < -0.39 is 31.5 Å². The van der Waals surface area contributed by atoms with Crippen LogP contribution in [-0.4, -0.2) is 25.4 Å². The fourth-order valence-corrected chi connectivity index (χ4v) is 5.02. The second kappa shape index (κ2) is 6.46. The topological polar surface area (TPSA) is 63.2 Å². The predicted octanol–water partition coefficient (Wildman–Crippen LogP) is 4.00. The number of alkyl halides is 4. The molecule has 3 rings (SSSR count). The highest BCUT2D eigenvalue weighted by atomic mass is 32.2. The minimum absolute atomic E-state index is 0.111. The number of halogens is 4. The summed E-state index contributed by atoms with van der Waals surface area (Å²) < 4.78 is 79.1. The van der Waals surface area contributed by atoms with E-state index in [-0.39, 0.29) is 43.0 Å². The maximum atomic E-state index is 15.2. The van der Waals surface area contributed by atoms with E-state index in [1.807, 2.05) is 6.92 Å². The fourth-order valence-electron chi connectivity index (χ4n) is 3.29. The van der Waals surface area contributed by atoms with Gasteiger partial charge in [0.25, 0.3) is 0 Å². The van der Waals surface area contributed by atoms with E-state index in [4.69, 9.17) is 0 Å². The van der Waals surface area contributed by atoms with Crippen molar-refractivity contribution in [2.75, 3.05) is 0 Å². The summed E-state index contributed by atoms with van der Waals surface area (Å²) in [5.74, 6) is -0.111. The number of benzene rings is 1. The molecule has 0 spiro atoms. The molecule has 0 atom stereocenters. The van der Waals surface area contributed by atoms with Gasteiger partial charge in [0.2, 0.25) is 20.7 Å². The number of sulfone groups is 1. The molecule has 0 saturated heterocycles. The van der Waals surface area contributed by atoms with Crippen LogP contribution in [0.1, 0.15) is 51.0 Å². The van der Waals surface area contributed by atoms with E-state index in [1.54, 1.807) is 0 Å². The van der Waals surface area contributed by atoms with Crippen molar-refractivity contribution < 1.29 is 30.8 Å². The minimum atomic E-state index is -4.71. The summed E-state index contributed by atoms with van der Waals surface area (Å²) in [6, 6.07) is 2.83. The molecular weight excluding hydrogens is 386 g/mol. The molecule has 2 aliphatic carbocycles. The normalized spacial score (nSPS) is 27.8. The number of carbonyl (C=O) groups is 1. The monoisotopic (exact) mass is 407 g/mol. The van der Waals surface area contributed by atoms with Crippen molar-refractivity contribution in [3.63, 3.8) is 0 Å². The zero-order chi connectivity index (χ0) is 20.1. The highest BCUT2D eigenvalue weighted by molar-refractivity contribution is 7.92. The van der Waals surface area contributed by atoms with Gasteiger partial charge in [-0.2, -0.15) is 13.2 Å². The lowest BCUT2D eigenvalue weighted by Crippen LogP contribution is -2.46. The van der Waals surface area contributed by atoms with Gasteiger partial charge >= 0.3 is 6.18 Å². The van der Waals surface area contributed by atoms with Crippen molar-refractivity contribution in [2.24, 2.45) is 5.41 Å². The first-order valence-corrected chi connectivity index (χ1v) is 10.3. The maximum Gasteiger partial charge on any atom is 0.416 e. The Balaban J connectivity index is 1.73. The van der Waals surface area contributed by atoms with Crippen LogP contribution in [0.4, 0.5) is 17.6 Å². The Hall–Kier alpha value is -1.64. The Morgan fingerprint density at radius 2 is 1.74 bits per heavy atom. The molecule has 0 bridgehead atoms. The first kappa shape index (κ1) is 20.1. The Kier molecular flexibility index (Phi) is 4.81. The first-order chi connectivity index (χ1) is 12.4. The zero-order valence-corrected chi connectivity index (χ0v) is 15.6. The third kappa shape index (κ3) is 3.83. The van der Waals surface area contributed by atoms with Crippen LogP contribution < -0.4 is 5.32 Å². The molecule has 1 amide bonds. The van der Waals surface area contributed by atoms with Crippen LogP contribution in [0.5, 0.6) is 0 Å². The number of nitrogens with one attached hydrogen (secondary N) is 1. The summed E-state index contributed by atoms with van der Waals surface area (Å²) in [4.78, 5) is 11.4. The maximum absolute atomic E-state index is 15.2. The van der Waals surface area contributed by atoms with Crippen molar-refractivity contribution in [3.8, 4) is 0 Å². The highest BCUT2D eigenvalue weighted by Gasteiger charge is 2.50. The summed E-state index contributed by atoms with van der Waals surface area (Å²) >= 11 is 0. The Labute approximate surface area is 155 Å². The highest BCUT2D eigenvalue weighted by Crippen LogP contribution is 2.46. The average molecular weight is 407 g/mol. The largest absolute Gasteiger partial charge is 0.416 e. The molecule has 1 aromatic rings. The molecule has 0 aliphatic heterocycles. The van der Waals surface area contributed by atoms with Crippen LogP contribution in [-0.2, 0) is 20.8 Å². The lowest BCUT2D eigenvalue weighted by atomic mass is 9.92. The molecule has 0 unspecified atom stereocenters. The summed E-state index contributed by atoms with van der Waals surface area (Å²) in [5.41, 5.74) is -1.51. The molecule has 0 aromatic heterocycles. The third-order valence-electron chi connectivity index (χ3n) is 5.57. The minimum Gasteiger partial charge on any atom is -0.353 e. The summed E-state index contributed by atoms with van der Waals surface area (Å²) in [7, 11) is -4.59. The molecule has 2 fully saturated rings. The Morgan fingerprint density at radius 1 is 1.15 bits per heavy atom. The number of rotatable bonds is 4. The lowest BCUT2D eigenvalue weighted by molar-refractivity contribution is -0.137. The van der Waals surface area contributed by atoms with Crippen LogP contribution in [0.3, 0.4) is 0 Å². The summed E-state index contributed by atoms with van der Waals surface area (Å²) in [6.45, 7) is 1.84. The van der Waals surface area contributed by atoms with Crippen molar-refractivity contribution in [2.45, 2.75) is 67.6 Å². The smallest absolute Gasteiger partial charge is 0.353 e. The van der Waals surface area contributed by atoms with Crippen LogP contribution in [0, 0.1) is 5.41 Å². The van der Waals surface area contributed by atoms with Gasteiger partial charge in [-0.25, -0.2) is 12.8 Å². The fraction of sp³-hybridized carbons (Fsp3) is 0.611. The van der Waals surface area contributed by atoms with Gasteiger partial charge in [-0.15, -0.1) is 0 Å². The molecule has 27 heavy (non-hydrogen) atoms. The zero-order valence-electron chi connectivity index (χ0n) is 14.8. The molecule has 2 saturated carbocycles. The molecular formula is C18H21F4NO3S. The van der Waals surface area contributed by atoms with E-state index in [0.717, 1.165) is 31.0 Å². The van der Waals surface area contributed by atoms with Crippen molar-refractivity contribution in [3.05, 3.63) is 29.8 Å². The first-order valence-electron chi connectivity index (χ1n) is 8.79. The van der Waals surface area contributed by atoms with Gasteiger partial charge in [0.15, 0.2) is 0 Å². The standard InChI is InChI=1S/C18H21F4NO3S/c1-16(9-10-16)15(24)23-13-5-7-17(19,8-6-13)27(25,26)14-4-2-3-12(11-14)18(20,21)22/h2-4,11,13H,5-10H2,1H3,(H,23,24)/t13-,17-. The van der Waals surface area contributed by atoms with Crippen LogP contribution in [0.15, 0.2) is 29.2 Å². The van der Waals surface area contributed by atoms with Crippen molar-refractivity contribution in [1.82, 2.24) is 5.32 Å². The quantitative estimate of drug-likeness (QED) is 0.768. The molecule has 0 heterocycles. The van der Waals surface area contributed by atoms with Crippen molar-refractivity contribution >= 4 is 15.7 Å². The van der Waals surface area contributed by atoms with Gasteiger partial charge in [0.1, 0.15) is 0 Å². The molecule has 150 valence electrons.